The molecular weight excluding hydrogens is 208 g/mol. The van der Waals surface area contributed by atoms with Crippen LogP contribution >= 0.6 is 0 Å². The Labute approximate surface area is 93.7 Å². The number of hydrogen-bond acceptors (Lipinski definition) is 5. The minimum atomic E-state index is -0.217. The lowest BCUT2D eigenvalue weighted by Gasteiger charge is -2.19. The van der Waals surface area contributed by atoms with E-state index < -0.39 is 0 Å². The zero-order valence-corrected chi connectivity index (χ0v) is 9.35. The number of carbonyl (C=O) groups is 1. The number of aromatic nitrogens is 2. The van der Waals surface area contributed by atoms with Crippen molar-refractivity contribution in [2.75, 3.05) is 19.3 Å². The Balaban J connectivity index is 1.96. The third kappa shape index (κ3) is 2.15. The second-order valence-corrected chi connectivity index (χ2v) is 4.33. The summed E-state index contributed by atoms with van der Waals surface area (Å²) in [6, 6.07) is 0. The monoisotopic (exact) mass is 224 g/mol. The molecule has 6 nitrogen and oxygen atoms in total. The quantitative estimate of drug-likeness (QED) is 0.824. The molecular formula is C10H16N4O2. The van der Waals surface area contributed by atoms with Crippen molar-refractivity contribution in [3.8, 4) is 0 Å². The number of nitrogens with zero attached hydrogens (tertiary/aromatic N) is 3. The Bertz CT molecular complexity index is 371. The summed E-state index contributed by atoms with van der Waals surface area (Å²) in [5, 5.41) is 6.91. The Hall–Kier alpha value is -1.59. The van der Waals surface area contributed by atoms with E-state index in [-0.39, 0.29) is 17.4 Å². The van der Waals surface area contributed by atoms with Gasteiger partial charge in [0.2, 0.25) is 11.5 Å². The molecule has 1 amide bonds. The summed E-state index contributed by atoms with van der Waals surface area (Å²) in [4.78, 5) is 13.5. The first-order chi connectivity index (χ1) is 7.68. The van der Waals surface area contributed by atoms with Crippen molar-refractivity contribution < 1.29 is 9.42 Å². The predicted molar refractivity (Wildman–Crippen MR) is 57.6 cm³/mol. The molecule has 0 aromatic carbocycles. The topological polar surface area (TPSA) is 85.2 Å². The molecule has 0 bridgehead atoms. The summed E-state index contributed by atoms with van der Waals surface area (Å²) in [5.41, 5.74) is 5.58. The third-order valence-electron chi connectivity index (χ3n) is 3.07. The van der Waals surface area contributed by atoms with Gasteiger partial charge in [0.1, 0.15) is 0 Å². The van der Waals surface area contributed by atoms with Crippen LogP contribution in [0.25, 0.3) is 0 Å². The van der Waals surface area contributed by atoms with E-state index in [4.69, 9.17) is 5.73 Å². The van der Waals surface area contributed by atoms with E-state index >= 15 is 0 Å². The van der Waals surface area contributed by atoms with Crippen LogP contribution in [0.1, 0.15) is 36.2 Å². The summed E-state index contributed by atoms with van der Waals surface area (Å²) >= 11 is 0. The lowest BCUT2D eigenvalue weighted by molar-refractivity contribution is 0.0763. The molecule has 88 valence electrons. The number of nitrogen functional groups attached to an aromatic ring is 1. The molecule has 1 saturated carbocycles. The molecule has 2 N–H and O–H groups in total. The molecule has 1 heterocycles. The summed E-state index contributed by atoms with van der Waals surface area (Å²) < 4.78 is 4.41. The molecule has 0 saturated heterocycles. The van der Waals surface area contributed by atoms with Crippen LogP contribution in [0.2, 0.25) is 0 Å². The maximum atomic E-state index is 11.9. The van der Waals surface area contributed by atoms with Gasteiger partial charge in [0, 0.05) is 13.6 Å². The van der Waals surface area contributed by atoms with Crippen LogP contribution < -0.4 is 5.73 Å². The van der Waals surface area contributed by atoms with Gasteiger partial charge in [-0.2, -0.15) is 0 Å². The number of nitrogens with two attached hydrogens (primary N) is 1. The molecule has 0 aliphatic heterocycles. The van der Waals surface area contributed by atoms with Crippen molar-refractivity contribution >= 4 is 11.7 Å². The predicted octanol–water partition coefficient (Wildman–Crippen LogP) is 0.914. The first kappa shape index (κ1) is 10.9. The largest absolute Gasteiger partial charge is 0.379 e. The highest BCUT2D eigenvalue weighted by atomic mass is 16.6. The minimum absolute atomic E-state index is 0.0586. The second-order valence-electron chi connectivity index (χ2n) is 4.33. The number of anilines is 1. The van der Waals surface area contributed by atoms with Crippen LogP contribution in [0.5, 0.6) is 0 Å². The fraction of sp³-hybridized carbons (Fsp3) is 0.700. The van der Waals surface area contributed by atoms with Crippen molar-refractivity contribution in [3.05, 3.63) is 5.69 Å². The molecule has 2 rings (SSSR count). The summed E-state index contributed by atoms with van der Waals surface area (Å²) in [6.07, 6.45) is 4.93. The van der Waals surface area contributed by atoms with Gasteiger partial charge >= 0.3 is 0 Å². The van der Waals surface area contributed by atoms with Gasteiger partial charge in [-0.25, -0.2) is 4.63 Å². The summed E-state index contributed by atoms with van der Waals surface area (Å²) in [7, 11) is 1.76. The zero-order chi connectivity index (χ0) is 11.5. The lowest BCUT2D eigenvalue weighted by atomic mass is 10.1. The van der Waals surface area contributed by atoms with Gasteiger partial charge in [0.05, 0.1) is 0 Å². The highest BCUT2D eigenvalue weighted by Crippen LogP contribution is 2.25. The number of rotatable bonds is 3. The smallest absolute Gasteiger partial charge is 0.279 e. The van der Waals surface area contributed by atoms with Gasteiger partial charge in [-0.15, -0.1) is 0 Å². The van der Waals surface area contributed by atoms with Gasteiger partial charge in [-0.3, -0.25) is 4.79 Å². The molecule has 6 heteroatoms. The molecule has 1 aliphatic carbocycles. The molecule has 16 heavy (non-hydrogen) atoms. The van der Waals surface area contributed by atoms with Gasteiger partial charge in [-0.05, 0) is 29.1 Å². The highest BCUT2D eigenvalue weighted by molar-refractivity contribution is 5.95. The average Bonchev–Trinajstić information content (AvgIpc) is 2.88. The van der Waals surface area contributed by atoms with Crippen LogP contribution in [-0.2, 0) is 0 Å². The fourth-order valence-corrected chi connectivity index (χ4v) is 2.19. The van der Waals surface area contributed by atoms with Gasteiger partial charge in [-0.1, -0.05) is 12.8 Å². The minimum Gasteiger partial charge on any atom is -0.379 e. The second kappa shape index (κ2) is 4.51. The molecule has 0 spiro atoms. The SMILES string of the molecule is CN(CC1CCCC1)C(=O)c1nonc1N. The molecule has 0 unspecified atom stereocenters. The first-order valence-corrected chi connectivity index (χ1v) is 5.52. The molecule has 0 radical (unpaired) electrons. The normalized spacial score (nSPS) is 16.6. The number of carbonyl (C=O) groups excluding carboxylic acids is 1. The van der Waals surface area contributed by atoms with Gasteiger partial charge in [0.15, 0.2) is 0 Å². The van der Waals surface area contributed by atoms with Gasteiger partial charge in [0.25, 0.3) is 5.91 Å². The number of hydrogen-bond donors (Lipinski definition) is 1. The van der Waals surface area contributed by atoms with Crippen molar-refractivity contribution in [2.45, 2.75) is 25.7 Å². The fourth-order valence-electron chi connectivity index (χ4n) is 2.19. The van der Waals surface area contributed by atoms with Crippen molar-refractivity contribution in [1.82, 2.24) is 15.2 Å². The Kier molecular flexibility index (Phi) is 3.07. The van der Waals surface area contributed by atoms with E-state index in [1.807, 2.05) is 0 Å². The van der Waals surface area contributed by atoms with Crippen molar-refractivity contribution in [3.63, 3.8) is 0 Å². The zero-order valence-electron chi connectivity index (χ0n) is 9.35. The molecule has 0 atom stereocenters. The van der Waals surface area contributed by atoms with E-state index in [1.54, 1.807) is 11.9 Å². The molecule has 1 aromatic rings. The lowest BCUT2D eigenvalue weighted by Crippen LogP contribution is -2.31. The van der Waals surface area contributed by atoms with E-state index in [2.05, 4.69) is 14.9 Å². The Morgan fingerprint density at radius 3 is 2.75 bits per heavy atom. The Morgan fingerprint density at radius 2 is 2.19 bits per heavy atom. The van der Waals surface area contributed by atoms with Crippen LogP contribution in [0.15, 0.2) is 4.63 Å². The average molecular weight is 224 g/mol. The summed E-state index contributed by atoms with van der Waals surface area (Å²) in [6.45, 7) is 0.755. The number of amides is 1. The Morgan fingerprint density at radius 1 is 1.50 bits per heavy atom. The maximum Gasteiger partial charge on any atom is 0.279 e. The van der Waals surface area contributed by atoms with Crippen LogP contribution in [0.3, 0.4) is 0 Å². The standard InChI is InChI=1S/C10H16N4O2/c1-14(6-7-4-2-3-5-7)10(15)8-9(11)13-16-12-8/h7H,2-6H2,1H3,(H2,11,13). The summed E-state index contributed by atoms with van der Waals surface area (Å²) in [5.74, 6) is 0.448. The highest BCUT2D eigenvalue weighted by Gasteiger charge is 2.23. The maximum absolute atomic E-state index is 11.9. The van der Waals surface area contributed by atoms with Crippen LogP contribution in [0.4, 0.5) is 5.82 Å². The van der Waals surface area contributed by atoms with E-state index in [0.29, 0.717) is 5.92 Å². The van der Waals surface area contributed by atoms with E-state index in [9.17, 15) is 4.79 Å². The van der Waals surface area contributed by atoms with Gasteiger partial charge < -0.3 is 10.6 Å². The van der Waals surface area contributed by atoms with Crippen LogP contribution in [0, 0.1) is 5.92 Å². The van der Waals surface area contributed by atoms with Crippen LogP contribution in [-0.4, -0.2) is 34.7 Å². The van der Waals surface area contributed by atoms with E-state index in [1.165, 1.54) is 25.7 Å². The molecule has 1 aliphatic rings. The molecule has 1 fully saturated rings. The first-order valence-electron chi connectivity index (χ1n) is 5.52. The third-order valence-corrected chi connectivity index (χ3v) is 3.07. The molecule has 1 aromatic heterocycles. The van der Waals surface area contributed by atoms with E-state index in [0.717, 1.165) is 6.54 Å². The van der Waals surface area contributed by atoms with Crippen molar-refractivity contribution in [2.24, 2.45) is 5.92 Å². The van der Waals surface area contributed by atoms with Crippen molar-refractivity contribution in [1.29, 1.82) is 0 Å².